The molecule has 1 aliphatic rings. The standard InChI is InChI=1S/C32H34N6O4/c1-21-17-37(18-22(2)42-21)10-11-41-27-8-9-29-24(12-27)13-30(36-29)28-14-26(16-33-32(28)40)35-31(39)25-15-34-38(20-25)19-23-6-4-3-5-7-23/h3-9,12-16,20-22,36H,10-11,17-19H2,1-2H3,(H,33,40)(H,35,39). The van der Waals surface area contributed by atoms with Crippen LogP contribution in [0.1, 0.15) is 29.8 Å². The lowest BCUT2D eigenvalue weighted by atomic mass is 10.1. The molecule has 2 aromatic carbocycles. The van der Waals surface area contributed by atoms with Gasteiger partial charge in [-0.25, -0.2) is 0 Å². The number of aromatic nitrogens is 4. The summed E-state index contributed by atoms with van der Waals surface area (Å²) in [6, 6.07) is 19.3. The van der Waals surface area contributed by atoms with E-state index in [4.69, 9.17) is 9.47 Å². The number of carbonyl (C=O) groups is 1. The predicted molar refractivity (Wildman–Crippen MR) is 162 cm³/mol. The normalized spacial score (nSPS) is 17.4. The number of aromatic amines is 2. The number of amides is 1. The van der Waals surface area contributed by atoms with Crippen LogP contribution in [0.25, 0.3) is 22.2 Å². The lowest BCUT2D eigenvalue weighted by Crippen LogP contribution is -2.46. The highest BCUT2D eigenvalue weighted by Crippen LogP contribution is 2.27. The molecule has 0 spiro atoms. The van der Waals surface area contributed by atoms with Crippen molar-refractivity contribution in [2.75, 3.05) is 31.6 Å². The molecule has 2 unspecified atom stereocenters. The Balaban J connectivity index is 1.11. The van der Waals surface area contributed by atoms with Crippen LogP contribution in [0.3, 0.4) is 0 Å². The zero-order chi connectivity index (χ0) is 29.1. The number of fused-ring (bicyclic) bond motifs is 1. The van der Waals surface area contributed by atoms with E-state index in [-0.39, 0.29) is 23.7 Å². The summed E-state index contributed by atoms with van der Waals surface area (Å²) in [4.78, 5) is 34.1. The molecule has 2 atom stereocenters. The molecule has 1 fully saturated rings. The van der Waals surface area contributed by atoms with Crippen molar-refractivity contribution in [3.63, 3.8) is 0 Å². The maximum absolute atomic E-state index is 12.9. The molecule has 3 N–H and O–H groups in total. The molecular weight excluding hydrogens is 532 g/mol. The molecule has 1 aliphatic heterocycles. The van der Waals surface area contributed by atoms with Gasteiger partial charge in [0.15, 0.2) is 0 Å². The number of morpholine rings is 1. The molecule has 42 heavy (non-hydrogen) atoms. The average molecular weight is 567 g/mol. The fraction of sp³-hybridized carbons (Fsp3) is 0.281. The summed E-state index contributed by atoms with van der Waals surface area (Å²) in [6.45, 7) is 7.97. The topological polar surface area (TPSA) is 117 Å². The summed E-state index contributed by atoms with van der Waals surface area (Å²) in [5.41, 5.74) is 3.67. The molecule has 6 rings (SSSR count). The average Bonchev–Trinajstić information content (AvgIpc) is 3.61. The quantitative estimate of drug-likeness (QED) is 0.242. The highest BCUT2D eigenvalue weighted by Gasteiger charge is 2.21. The molecule has 3 aromatic heterocycles. The van der Waals surface area contributed by atoms with E-state index in [1.807, 2.05) is 54.6 Å². The van der Waals surface area contributed by atoms with Crippen molar-refractivity contribution < 1.29 is 14.3 Å². The van der Waals surface area contributed by atoms with Crippen LogP contribution in [0.4, 0.5) is 5.69 Å². The maximum atomic E-state index is 12.9. The van der Waals surface area contributed by atoms with Crippen molar-refractivity contribution in [1.82, 2.24) is 24.6 Å². The molecule has 0 bridgehead atoms. The van der Waals surface area contributed by atoms with Crippen LogP contribution in [-0.4, -0.2) is 69.0 Å². The van der Waals surface area contributed by atoms with Crippen molar-refractivity contribution >= 4 is 22.5 Å². The van der Waals surface area contributed by atoms with Gasteiger partial charge in [0.25, 0.3) is 11.5 Å². The van der Waals surface area contributed by atoms with Gasteiger partial charge in [-0.1, -0.05) is 30.3 Å². The molecule has 216 valence electrons. The Morgan fingerprint density at radius 1 is 1.10 bits per heavy atom. The number of hydrogen-bond acceptors (Lipinski definition) is 6. The molecule has 4 heterocycles. The number of hydrogen-bond donors (Lipinski definition) is 3. The molecule has 0 radical (unpaired) electrons. The Bertz CT molecular complexity index is 1730. The third-order valence-electron chi connectivity index (χ3n) is 7.30. The number of nitrogens with zero attached hydrogens (tertiary/aromatic N) is 3. The highest BCUT2D eigenvalue weighted by atomic mass is 16.5. The van der Waals surface area contributed by atoms with E-state index >= 15 is 0 Å². The second-order valence-electron chi connectivity index (χ2n) is 10.8. The second-order valence-corrected chi connectivity index (χ2v) is 10.8. The Hall–Kier alpha value is -4.67. The van der Waals surface area contributed by atoms with Crippen LogP contribution in [0.5, 0.6) is 5.75 Å². The predicted octanol–water partition coefficient (Wildman–Crippen LogP) is 4.51. The zero-order valence-electron chi connectivity index (χ0n) is 23.7. The summed E-state index contributed by atoms with van der Waals surface area (Å²) in [6.07, 6.45) is 5.17. The van der Waals surface area contributed by atoms with Gasteiger partial charge >= 0.3 is 0 Å². The summed E-state index contributed by atoms with van der Waals surface area (Å²) < 4.78 is 13.6. The monoisotopic (exact) mass is 566 g/mol. The lowest BCUT2D eigenvalue weighted by Gasteiger charge is -2.35. The summed E-state index contributed by atoms with van der Waals surface area (Å²) >= 11 is 0. The molecule has 1 amide bonds. The van der Waals surface area contributed by atoms with Crippen LogP contribution in [0.2, 0.25) is 0 Å². The minimum atomic E-state index is -0.313. The van der Waals surface area contributed by atoms with Gasteiger partial charge in [-0.05, 0) is 49.7 Å². The first-order valence-corrected chi connectivity index (χ1v) is 14.1. The van der Waals surface area contributed by atoms with Gasteiger partial charge in [-0.2, -0.15) is 5.10 Å². The number of carbonyl (C=O) groups excluding carboxylic acids is 1. The Kier molecular flexibility index (Phi) is 7.89. The van der Waals surface area contributed by atoms with Crippen LogP contribution in [0, 0.1) is 0 Å². The number of nitrogens with one attached hydrogen (secondary N) is 3. The molecule has 10 heteroatoms. The van der Waals surface area contributed by atoms with E-state index < -0.39 is 0 Å². The van der Waals surface area contributed by atoms with Gasteiger partial charge in [0.1, 0.15) is 12.4 Å². The van der Waals surface area contributed by atoms with E-state index in [0.29, 0.717) is 35.7 Å². The van der Waals surface area contributed by atoms with Gasteiger partial charge < -0.3 is 24.8 Å². The smallest absolute Gasteiger partial charge is 0.258 e. The summed E-state index contributed by atoms with van der Waals surface area (Å²) in [7, 11) is 0. The van der Waals surface area contributed by atoms with Gasteiger partial charge in [0.05, 0.1) is 47.5 Å². The summed E-state index contributed by atoms with van der Waals surface area (Å²) in [5.74, 6) is 0.455. The largest absolute Gasteiger partial charge is 0.492 e. The van der Waals surface area contributed by atoms with Crippen LogP contribution < -0.4 is 15.6 Å². The van der Waals surface area contributed by atoms with Gasteiger partial charge in [0.2, 0.25) is 0 Å². The van der Waals surface area contributed by atoms with E-state index in [2.05, 4.69) is 39.1 Å². The molecule has 0 aliphatic carbocycles. The summed E-state index contributed by atoms with van der Waals surface area (Å²) in [5, 5.41) is 8.10. The first-order valence-electron chi connectivity index (χ1n) is 14.1. The van der Waals surface area contributed by atoms with Crippen LogP contribution in [-0.2, 0) is 11.3 Å². The highest BCUT2D eigenvalue weighted by molar-refractivity contribution is 6.04. The fourth-order valence-electron chi connectivity index (χ4n) is 5.40. The SMILES string of the molecule is CC1CN(CCOc2ccc3[nH]c(-c4cc(NC(=O)c5cnn(Cc6ccccc6)c5)c[nH]c4=O)cc3c2)CC(C)O1. The molecule has 0 saturated carbocycles. The van der Waals surface area contributed by atoms with Crippen molar-refractivity contribution in [3.05, 3.63) is 101 Å². The Morgan fingerprint density at radius 2 is 1.90 bits per heavy atom. The van der Waals surface area contributed by atoms with Gasteiger partial charge in [0, 0.05) is 42.9 Å². The zero-order valence-corrected chi connectivity index (χ0v) is 23.7. The number of ether oxygens (including phenoxy) is 2. The van der Waals surface area contributed by atoms with E-state index in [1.54, 1.807) is 16.9 Å². The minimum Gasteiger partial charge on any atom is -0.492 e. The van der Waals surface area contributed by atoms with Gasteiger partial charge in [-0.3, -0.25) is 19.2 Å². The first-order chi connectivity index (χ1) is 20.4. The maximum Gasteiger partial charge on any atom is 0.258 e. The number of benzene rings is 2. The molecule has 10 nitrogen and oxygen atoms in total. The number of pyridine rings is 1. The van der Waals surface area contributed by atoms with Crippen molar-refractivity contribution in [2.45, 2.75) is 32.6 Å². The lowest BCUT2D eigenvalue weighted by molar-refractivity contribution is -0.0699. The molecule has 1 saturated heterocycles. The second kappa shape index (κ2) is 12.1. The first kappa shape index (κ1) is 27.5. The molecular formula is C32H34N6O4. The van der Waals surface area contributed by atoms with Gasteiger partial charge in [-0.15, -0.1) is 0 Å². The van der Waals surface area contributed by atoms with Crippen molar-refractivity contribution in [2.24, 2.45) is 0 Å². The minimum absolute atomic E-state index is 0.224. The Morgan fingerprint density at radius 3 is 2.71 bits per heavy atom. The Labute approximate surface area is 243 Å². The van der Waals surface area contributed by atoms with Crippen LogP contribution in [0.15, 0.2) is 84.0 Å². The molecule has 5 aromatic rings. The third-order valence-corrected chi connectivity index (χ3v) is 7.30. The number of rotatable bonds is 9. The van der Waals surface area contributed by atoms with Crippen molar-refractivity contribution in [1.29, 1.82) is 0 Å². The number of H-pyrrole nitrogens is 2. The third kappa shape index (κ3) is 6.45. The van der Waals surface area contributed by atoms with Crippen molar-refractivity contribution in [3.8, 4) is 17.0 Å². The fourth-order valence-corrected chi connectivity index (χ4v) is 5.40. The van der Waals surface area contributed by atoms with E-state index in [9.17, 15) is 9.59 Å². The van der Waals surface area contributed by atoms with Crippen LogP contribution >= 0.6 is 0 Å². The van der Waals surface area contributed by atoms with E-state index in [0.717, 1.165) is 41.9 Å². The van der Waals surface area contributed by atoms with E-state index in [1.165, 1.54) is 12.4 Å². The number of anilines is 1.